The van der Waals surface area contributed by atoms with Crippen molar-refractivity contribution in [2.75, 3.05) is 20.2 Å². The van der Waals surface area contributed by atoms with Gasteiger partial charge < -0.3 is 10.0 Å². The molecule has 1 aromatic carbocycles. The number of nitrogens with zero attached hydrogens (tertiary/aromatic N) is 2. The van der Waals surface area contributed by atoms with Crippen molar-refractivity contribution in [1.29, 1.82) is 0 Å². The van der Waals surface area contributed by atoms with Crippen LogP contribution in [0.25, 0.3) is 10.8 Å². The molecule has 0 aliphatic carbocycles. The lowest BCUT2D eigenvalue weighted by Gasteiger charge is -2.15. The molecule has 88 valence electrons. The second-order valence-corrected chi connectivity index (χ2v) is 3.83. The maximum absolute atomic E-state index is 12.1. The molecular weight excluding hydrogens is 216 g/mol. The molecule has 0 radical (unpaired) electrons. The fraction of sp³-hybridized carbons (Fsp3) is 0.231. The predicted molar refractivity (Wildman–Crippen MR) is 65.8 cm³/mol. The van der Waals surface area contributed by atoms with Crippen molar-refractivity contribution >= 4 is 16.7 Å². The molecule has 0 saturated carbocycles. The molecule has 2 aromatic rings. The van der Waals surface area contributed by atoms with Gasteiger partial charge in [0, 0.05) is 25.2 Å². The number of amides is 1. The lowest BCUT2D eigenvalue weighted by molar-refractivity contribution is 0.0763. The third-order valence-corrected chi connectivity index (χ3v) is 2.66. The van der Waals surface area contributed by atoms with Crippen LogP contribution in [0.2, 0.25) is 0 Å². The fourth-order valence-corrected chi connectivity index (χ4v) is 1.72. The van der Waals surface area contributed by atoms with E-state index in [1.165, 1.54) is 4.90 Å². The second kappa shape index (κ2) is 4.93. The van der Waals surface area contributed by atoms with Crippen LogP contribution in [0.5, 0.6) is 0 Å². The summed E-state index contributed by atoms with van der Waals surface area (Å²) in [4.78, 5) is 17.7. The molecule has 1 N–H and O–H groups in total. The first-order valence-electron chi connectivity index (χ1n) is 5.44. The van der Waals surface area contributed by atoms with E-state index in [2.05, 4.69) is 4.98 Å². The highest BCUT2D eigenvalue weighted by Crippen LogP contribution is 2.17. The maximum Gasteiger partial charge on any atom is 0.272 e. The molecule has 0 bridgehead atoms. The largest absolute Gasteiger partial charge is 0.395 e. The fourth-order valence-electron chi connectivity index (χ4n) is 1.72. The number of likely N-dealkylation sites (N-methyl/N-ethyl adjacent to an activating group) is 1. The molecule has 0 atom stereocenters. The number of hydrogen-bond donors (Lipinski definition) is 1. The summed E-state index contributed by atoms with van der Waals surface area (Å²) in [6, 6.07) is 9.50. The summed E-state index contributed by atoms with van der Waals surface area (Å²) in [5, 5.41) is 10.7. The Morgan fingerprint density at radius 3 is 2.88 bits per heavy atom. The van der Waals surface area contributed by atoms with Gasteiger partial charge in [0.05, 0.1) is 6.61 Å². The van der Waals surface area contributed by atoms with Crippen LogP contribution in [0, 0.1) is 0 Å². The van der Waals surface area contributed by atoms with Crippen LogP contribution >= 0.6 is 0 Å². The normalized spacial score (nSPS) is 10.5. The first-order chi connectivity index (χ1) is 8.24. The summed E-state index contributed by atoms with van der Waals surface area (Å²) in [5.41, 5.74) is 0.430. The number of carbonyl (C=O) groups excluding carboxylic acids is 1. The number of aromatic nitrogens is 1. The van der Waals surface area contributed by atoms with Crippen molar-refractivity contribution in [3.8, 4) is 0 Å². The Balaban J connectivity index is 2.45. The van der Waals surface area contributed by atoms with Crippen molar-refractivity contribution in [2.24, 2.45) is 0 Å². The number of fused-ring (bicyclic) bond motifs is 1. The molecule has 4 heteroatoms. The minimum atomic E-state index is -0.171. The van der Waals surface area contributed by atoms with E-state index in [-0.39, 0.29) is 12.5 Å². The van der Waals surface area contributed by atoms with Crippen molar-refractivity contribution in [3.63, 3.8) is 0 Å². The lowest BCUT2D eigenvalue weighted by Crippen LogP contribution is -2.30. The average Bonchev–Trinajstić information content (AvgIpc) is 2.37. The highest BCUT2D eigenvalue weighted by Gasteiger charge is 2.15. The quantitative estimate of drug-likeness (QED) is 0.864. The first kappa shape index (κ1) is 11.5. The number of hydrogen-bond acceptors (Lipinski definition) is 3. The number of aliphatic hydroxyl groups excluding tert-OH is 1. The van der Waals surface area contributed by atoms with E-state index in [0.29, 0.717) is 12.2 Å². The third-order valence-electron chi connectivity index (χ3n) is 2.66. The molecule has 0 aliphatic rings. The van der Waals surface area contributed by atoms with E-state index >= 15 is 0 Å². The van der Waals surface area contributed by atoms with Crippen LogP contribution in [-0.2, 0) is 0 Å². The highest BCUT2D eigenvalue weighted by atomic mass is 16.3. The third kappa shape index (κ3) is 2.26. The highest BCUT2D eigenvalue weighted by molar-refractivity contribution is 6.04. The number of aliphatic hydroxyl groups is 1. The molecule has 0 spiro atoms. The zero-order valence-corrected chi connectivity index (χ0v) is 9.63. The van der Waals surface area contributed by atoms with E-state index < -0.39 is 0 Å². The minimum Gasteiger partial charge on any atom is -0.395 e. The van der Waals surface area contributed by atoms with Gasteiger partial charge in [0.1, 0.15) is 5.69 Å². The summed E-state index contributed by atoms with van der Waals surface area (Å²) in [6.45, 7) is 0.261. The summed E-state index contributed by atoms with van der Waals surface area (Å²) in [7, 11) is 1.65. The van der Waals surface area contributed by atoms with Crippen molar-refractivity contribution < 1.29 is 9.90 Å². The molecule has 0 aliphatic heterocycles. The van der Waals surface area contributed by atoms with Gasteiger partial charge in [0.25, 0.3) is 5.91 Å². The molecule has 17 heavy (non-hydrogen) atoms. The Labute approximate surface area is 99.5 Å². The van der Waals surface area contributed by atoms with E-state index in [1.807, 2.05) is 30.3 Å². The maximum atomic E-state index is 12.1. The van der Waals surface area contributed by atoms with Crippen LogP contribution < -0.4 is 0 Å². The average molecular weight is 230 g/mol. The summed E-state index contributed by atoms with van der Waals surface area (Å²) < 4.78 is 0. The molecule has 1 aromatic heterocycles. The number of benzene rings is 1. The SMILES string of the molecule is CN(CCO)C(=O)c1nccc2ccccc12. The molecule has 0 fully saturated rings. The van der Waals surface area contributed by atoms with E-state index in [1.54, 1.807) is 13.2 Å². The van der Waals surface area contributed by atoms with Crippen LogP contribution in [0.15, 0.2) is 36.5 Å². The van der Waals surface area contributed by atoms with Crippen molar-refractivity contribution in [2.45, 2.75) is 0 Å². The van der Waals surface area contributed by atoms with Gasteiger partial charge in [-0.15, -0.1) is 0 Å². The standard InChI is InChI=1S/C13H14N2O2/c1-15(8-9-16)13(17)12-11-5-3-2-4-10(11)6-7-14-12/h2-7,16H,8-9H2,1H3. The molecule has 1 heterocycles. The van der Waals surface area contributed by atoms with Crippen LogP contribution in [0.4, 0.5) is 0 Å². The number of rotatable bonds is 3. The number of pyridine rings is 1. The molecular formula is C13H14N2O2. The van der Waals surface area contributed by atoms with E-state index in [4.69, 9.17) is 5.11 Å². The molecule has 2 rings (SSSR count). The Morgan fingerprint density at radius 2 is 2.12 bits per heavy atom. The van der Waals surface area contributed by atoms with E-state index in [0.717, 1.165) is 10.8 Å². The molecule has 1 amide bonds. The summed E-state index contributed by atoms with van der Waals surface area (Å²) in [5.74, 6) is -0.171. The Bertz CT molecular complexity index is 534. The van der Waals surface area contributed by atoms with Gasteiger partial charge >= 0.3 is 0 Å². The van der Waals surface area contributed by atoms with Gasteiger partial charge in [-0.2, -0.15) is 0 Å². The van der Waals surface area contributed by atoms with Gasteiger partial charge in [-0.3, -0.25) is 9.78 Å². The van der Waals surface area contributed by atoms with Crippen LogP contribution in [-0.4, -0.2) is 41.1 Å². The van der Waals surface area contributed by atoms with Gasteiger partial charge in [-0.25, -0.2) is 0 Å². The van der Waals surface area contributed by atoms with Crippen molar-refractivity contribution in [3.05, 3.63) is 42.2 Å². The molecule has 0 unspecified atom stereocenters. The molecule has 0 saturated heterocycles. The molecule has 4 nitrogen and oxygen atoms in total. The number of carbonyl (C=O) groups is 1. The van der Waals surface area contributed by atoms with Gasteiger partial charge in [0.15, 0.2) is 0 Å². The van der Waals surface area contributed by atoms with E-state index in [9.17, 15) is 4.79 Å². The topological polar surface area (TPSA) is 53.4 Å². The van der Waals surface area contributed by atoms with Gasteiger partial charge in [-0.05, 0) is 11.5 Å². The predicted octanol–water partition coefficient (Wildman–Crippen LogP) is 1.30. The summed E-state index contributed by atoms with van der Waals surface area (Å²) >= 11 is 0. The van der Waals surface area contributed by atoms with Crippen molar-refractivity contribution in [1.82, 2.24) is 9.88 Å². The second-order valence-electron chi connectivity index (χ2n) is 3.83. The Morgan fingerprint density at radius 1 is 1.35 bits per heavy atom. The summed E-state index contributed by atoms with van der Waals surface area (Å²) in [6.07, 6.45) is 1.63. The first-order valence-corrected chi connectivity index (χ1v) is 5.44. The van der Waals surface area contributed by atoms with Gasteiger partial charge in [-0.1, -0.05) is 24.3 Å². The van der Waals surface area contributed by atoms with Crippen LogP contribution in [0.3, 0.4) is 0 Å². The van der Waals surface area contributed by atoms with Crippen LogP contribution in [0.1, 0.15) is 10.5 Å². The Hall–Kier alpha value is -1.94. The zero-order valence-electron chi connectivity index (χ0n) is 9.63. The minimum absolute atomic E-state index is 0.0486. The smallest absolute Gasteiger partial charge is 0.272 e. The van der Waals surface area contributed by atoms with Gasteiger partial charge in [0.2, 0.25) is 0 Å². The Kier molecular flexibility index (Phi) is 3.35. The lowest BCUT2D eigenvalue weighted by atomic mass is 10.1. The zero-order chi connectivity index (χ0) is 12.3. The monoisotopic (exact) mass is 230 g/mol.